The van der Waals surface area contributed by atoms with Gasteiger partial charge in [-0.2, -0.15) is 0 Å². The van der Waals surface area contributed by atoms with Crippen LogP contribution in [0.3, 0.4) is 0 Å². The number of halogens is 1. The van der Waals surface area contributed by atoms with Gasteiger partial charge in [0.15, 0.2) is 0 Å². The molecule has 0 spiro atoms. The maximum Gasteiger partial charge on any atom is 0.0987 e. The van der Waals surface area contributed by atoms with E-state index in [1.54, 1.807) is 23.3 Å². The quantitative estimate of drug-likeness (QED) is 0.713. The van der Waals surface area contributed by atoms with E-state index >= 15 is 0 Å². The van der Waals surface area contributed by atoms with Crippen LogP contribution in [0.4, 0.5) is 0 Å². The molecule has 0 saturated carbocycles. The Hall–Kier alpha value is -0.770. The summed E-state index contributed by atoms with van der Waals surface area (Å²) in [5.41, 5.74) is 5.09. The molecule has 1 aromatic rings. The molecule has 2 N–H and O–H groups in total. The molecule has 0 aliphatic heterocycles. The maximum atomic E-state index is 5.09. The van der Waals surface area contributed by atoms with Crippen LogP contribution in [0.5, 0.6) is 0 Å². The highest BCUT2D eigenvalue weighted by molar-refractivity contribution is 8.93. The van der Waals surface area contributed by atoms with Crippen LogP contribution >= 0.6 is 17.0 Å². The predicted molar refractivity (Wildman–Crippen MR) is 42.1 cm³/mol. The van der Waals surface area contributed by atoms with Crippen LogP contribution in [0.25, 0.3) is 6.20 Å². The highest BCUT2D eigenvalue weighted by Crippen LogP contribution is 1.82. The molecule has 0 radical (unpaired) electrons. The van der Waals surface area contributed by atoms with Crippen molar-refractivity contribution in [1.29, 1.82) is 0 Å². The van der Waals surface area contributed by atoms with Gasteiger partial charge in [0, 0.05) is 24.8 Å². The van der Waals surface area contributed by atoms with E-state index in [4.69, 9.17) is 5.73 Å². The molecule has 0 aliphatic carbocycles. The van der Waals surface area contributed by atoms with Crippen molar-refractivity contribution < 1.29 is 0 Å². The second-order valence-corrected chi connectivity index (χ2v) is 1.35. The summed E-state index contributed by atoms with van der Waals surface area (Å²) in [5.74, 6) is 0. The lowest BCUT2D eigenvalue weighted by Gasteiger charge is -1.83. The molecule has 1 heterocycles. The summed E-state index contributed by atoms with van der Waals surface area (Å²) in [5, 5.41) is 0. The minimum Gasteiger partial charge on any atom is -0.403 e. The molecule has 3 nitrogen and oxygen atoms in total. The maximum absolute atomic E-state index is 5.09. The van der Waals surface area contributed by atoms with Crippen LogP contribution in [0.1, 0.15) is 0 Å². The van der Waals surface area contributed by atoms with Gasteiger partial charge in [-0.05, 0) is 0 Å². The number of aromatic nitrogens is 2. The highest BCUT2D eigenvalue weighted by Gasteiger charge is 1.75. The van der Waals surface area contributed by atoms with Crippen LogP contribution in [-0.4, -0.2) is 9.55 Å². The third-order valence-electron chi connectivity index (χ3n) is 0.783. The lowest BCUT2D eigenvalue weighted by molar-refractivity contribution is 1.13. The molecule has 1 rings (SSSR count). The Morgan fingerprint density at radius 3 is 2.78 bits per heavy atom. The fourth-order valence-corrected chi connectivity index (χ4v) is 0.457. The van der Waals surface area contributed by atoms with Crippen molar-refractivity contribution in [2.75, 3.05) is 0 Å². The zero-order chi connectivity index (χ0) is 5.82. The first-order chi connectivity index (χ1) is 3.93. The van der Waals surface area contributed by atoms with E-state index in [0.29, 0.717) is 0 Å². The lowest BCUT2D eigenvalue weighted by Crippen LogP contribution is -1.82. The summed E-state index contributed by atoms with van der Waals surface area (Å²) in [7, 11) is 0. The minimum absolute atomic E-state index is 0. The predicted octanol–water partition coefficient (Wildman–Crippen LogP) is 0.848. The normalized spacial score (nSPS) is 9.33. The fraction of sp³-hybridized carbons (Fsp3) is 0. The third-order valence-corrected chi connectivity index (χ3v) is 0.783. The molecule has 0 aromatic carbocycles. The van der Waals surface area contributed by atoms with Gasteiger partial charge in [0.2, 0.25) is 0 Å². The van der Waals surface area contributed by atoms with Gasteiger partial charge in [-0.1, -0.05) is 0 Å². The zero-order valence-electron chi connectivity index (χ0n) is 4.77. The Kier molecular flexibility index (Phi) is 3.79. The zero-order valence-corrected chi connectivity index (χ0v) is 6.48. The Morgan fingerprint density at radius 1 is 1.56 bits per heavy atom. The van der Waals surface area contributed by atoms with Gasteiger partial charge in [-0.3, -0.25) is 0 Å². The molecule has 0 atom stereocenters. The van der Waals surface area contributed by atoms with Crippen LogP contribution in [0.15, 0.2) is 24.9 Å². The van der Waals surface area contributed by atoms with E-state index in [0.717, 1.165) is 0 Å². The molecule has 0 aliphatic rings. The van der Waals surface area contributed by atoms with E-state index in [1.807, 2.05) is 6.20 Å². The average molecular weight is 190 g/mol. The van der Waals surface area contributed by atoms with Gasteiger partial charge in [-0.25, -0.2) is 4.98 Å². The number of nitrogens with two attached hydrogens (primary N) is 1. The second-order valence-electron chi connectivity index (χ2n) is 1.35. The molecule has 0 fully saturated rings. The fourth-order valence-electron chi connectivity index (χ4n) is 0.457. The number of imidazole rings is 1. The summed E-state index contributed by atoms with van der Waals surface area (Å²) in [6.07, 6.45) is 8.35. The molecule has 0 amide bonds. The second kappa shape index (κ2) is 4.14. The van der Waals surface area contributed by atoms with E-state index < -0.39 is 0 Å². The Bertz CT molecular complexity index is 168. The first-order valence-electron chi connectivity index (χ1n) is 2.29. The van der Waals surface area contributed by atoms with Crippen molar-refractivity contribution in [1.82, 2.24) is 9.55 Å². The van der Waals surface area contributed by atoms with Crippen molar-refractivity contribution in [3.63, 3.8) is 0 Å². The van der Waals surface area contributed by atoms with Gasteiger partial charge in [0.25, 0.3) is 0 Å². The minimum atomic E-state index is 0. The first-order valence-corrected chi connectivity index (χ1v) is 2.29. The Labute approximate surface area is 64.0 Å². The standard InChI is InChI=1S/C5H7N3.BrH/c6-1-3-8-4-2-7-5-8;/h1-5H,6H2;1H. The van der Waals surface area contributed by atoms with Crippen molar-refractivity contribution in [3.8, 4) is 0 Å². The topological polar surface area (TPSA) is 43.8 Å². The summed E-state index contributed by atoms with van der Waals surface area (Å²) >= 11 is 0. The SMILES string of the molecule is Br.NC=Cn1ccnc1. The summed E-state index contributed by atoms with van der Waals surface area (Å²) in [4.78, 5) is 3.80. The first kappa shape index (κ1) is 8.23. The monoisotopic (exact) mass is 189 g/mol. The van der Waals surface area contributed by atoms with Crippen LogP contribution in [0, 0.1) is 0 Å². The van der Waals surface area contributed by atoms with E-state index in [1.165, 1.54) is 6.20 Å². The highest BCUT2D eigenvalue weighted by atomic mass is 79.9. The summed E-state index contributed by atoms with van der Waals surface area (Å²) in [6.45, 7) is 0. The van der Waals surface area contributed by atoms with E-state index in [9.17, 15) is 0 Å². The Morgan fingerprint density at radius 2 is 2.33 bits per heavy atom. The molecule has 4 heteroatoms. The van der Waals surface area contributed by atoms with Crippen LogP contribution in [-0.2, 0) is 0 Å². The summed E-state index contributed by atoms with van der Waals surface area (Å²) < 4.78 is 1.76. The number of rotatable bonds is 1. The largest absolute Gasteiger partial charge is 0.403 e. The molecule has 1 aromatic heterocycles. The summed E-state index contributed by atoms with van der Waals surface area (Å²) in [6, 6.07) is 0. The molecule has 0 bridgehead atoms. The van der Waals surface area contributed by atoms with Crippen molar-refractivity contribution in [2.45, 2.75) is 0 Å². The molecular weight excluding hydrogens is 182 g/mol. The van der Waals surface area contributed by atoms with Gasteiger partial charge in [0.05, 0.1) is 6.33 Å². The molecule has 9 heavy (non-hydrogen) atoms. The van der Waals surface area contributed by atoms with Crippen molar-refractivity contribution >= 4 is 23.2 Å². The number of nitrogens with zero attached hydrogens (tertiary/aromatic N) is 2. The van der Waals surface area contributed by atoms with Crippen molar-refractivity contribution in [3.05, 3.63) is 24.9 Å². The molecule has 50 valence electrons. The van der Waals surface area contributed by atoms with Gasteiger partial charge < -0.3 is 10.3 Å². The number of hydrogen-bond acceptors (Lipinski definition) is 2. The molecule has 0 saturated heterocycles. The van der Waals surface area contributed by atoms with E-state index in [-0.39, 0.29) is 17.0 Å². The number of hydrogen-bond donors (Lipinski definition) is 1. The lowest BCUT2D eigenvalue weighted by atomic mass is 10.8. The van der Waals surface area contributed by atoms with E-state index in [2.05, 4.69) is 4.98 Å². The van der Waals surface area contributed by atoms with Gasteiger partial charge in [0.1, 0.15) is 0 Å². The smallest absolute Gasteiger partial charge is 0.0987 e. The molecular formula is C5H8BrN3. The average Bonchev–Trinajstić information content (AvgIpc) is 2.19. The Balaban J connectivity index is 0.000000640. The van der Waals surface area contributed by atoms with Crippen LogP contribution < -0.4 is 5.73 Å². The van der Waals surface area contributed by atoms with Crippen molar-refractivity contribution in [2.24, 2.45) is 5.73 Å². The molecule has 0 unspecified atom stereocenters. The van der Waals surface area contributed by atoms with Crippen LogP contribution in [0.2, 0.25) is 0 Å². The third kappa shape index (κ3) is 2.32. The van der Waals surface area contributed by atoms with Gasteiger partial charge in [-0.15, -0.1) is 17.0 Å². The van der Waals surface area contributed by atoms with Gasteiger partial charge >= 0.3 is 0 Å².